The van der Waals surface area contributed by atoms with Gasteiger partial charge in [0.15, 0.2) is 17.8 Å². The van der Waals surface area contributed by atoms with Crippen LogP contribution in [0.25, 0.3) is 0 Å². The molecular formula is C39H36N6O. The number of nitrogens with one attached hydrogen (secondary N) is 3. The van der Waals surface area contributed by atoms with Gasteiger partial charge in [0.05, 0.1) is 23.5 Å². The normalized spacial score (nSPS) is 26.7. The maximum atomic E-state index is 6.71. The second kappa shape index (κ2) is 11.2. The molecule has 5 aliphatic heterocycles. The Bertz CT molecular complexity index is 1920. The Morgan fingerprint density at radius 2 is 1.85 bits per heavy atom. The Hall–Kier alpha value is -5.30. The van der Waals surface area contributed by atoms with Crippen molar-refractivity contribution in [2.45, 2.75) is 43.5 Å². The molecule has 2 aromatic carbocycles. The van der Waals surface area contributed by atoms with E-state index in [1.807, 2.05) is 12.4 Å². The highest BCUT2D eigenvalue weighted by Gasteiger charge is 2.43. The van der Waals surface area contributed by atoms with Gasteiger partial charge in [-0.05, 0) is 78.4 Å². The lowest BCUT2D eigenvalue weighted by molar-refractivity contribution is 0.282. The average Bonchev–Trinajstić information content (AvgIpc) is 3.72. The molecule has 7 nitrogen and oxygen atoms in total. The van der Waals surface area contributed by atoms with Gasteiger partial charge in [-0.15, -0.1) is 0 Å². The molecule has 4 atom stereocenters. The summed E-state index contributed by atoms with van der Waals surface area (Å²) < 4.78 is 6.71. The Kier molecular flexibility index (Phi) is 6.61. The number of hydrogen-bond donors (Lipinski definition) is 3. The SMILES string of the molecule is C1=CCCC(C2Nc3ccc4c(c3O2)C2C=CC=CC2N4c2cccc(C3=NC(C4=CCNC=C4)CC(C4=CCNC=C4)=N3)c2)=C1. The van der Waals surface area contributed by atoms with Gasteiger partial charge in [-0.2, -0.15) is 0 Å². The van der Waals surface area contributed by atoms with Crippen molar-refractivity contribution in [2.24, 2.45) is 9.98 Å². The van der Waals surface area contributed by atoms with Gasteiger partial charge in [0.1, 0.15) is 0 Å². The van der Waals surface area contributed by atoms with E-state index < -0.39 is 0 Å². The number of dihydropyridines is 2. The number of anilines is 3. The van der Waals surface area contributed by atoms with Crippen LogP contribution in [0.3, 0.4) is 0 Å². The van der Waals surface area contributed by atoms with Crippen molar-refractivity contribution in [1.29, 1.82) is 0 Å². The molecule has 0 bridgehead atoms. The zero-order valence-electron chi connectivity index (χ0n) is 25.6. The fraction of sp³-hybridized carbons (Fsp3) is 0.231. The van der Waals surface area contributed by atoms with E-state index in [4.69, 9.17) is 14.7 Å². The molecule has 0 saturated heterocycles. The van der Waals surface area contributed by atoms with Gasteiger partial charge in [0.25, 0.3) is 0 Å². The maximum Gasteiger partial charge on any atom is 0.192 e. The van der Waals surface area contributed by atoms with E-state index in [2.05, 4.69) is 124 Å². The molecule has 7 heteroatoms. The van der Waals surface area contributed by atoms with Crippen LogP contribution in [-0.2, 0) is 0 Å². The number of amidine groups is 1. The molecule has 0 spiro atoms. The summed E-state index contributed by atoms with van der Waals surface area (Å²) in [6.45, 7) is 1.63. The zero-order valence-corrected chi connectivity index (χ0v) is 25.6. The van der Waals surface area contributed by atoms with Crippen LogP contribution in [-0.4, -0.2) is 42.9 Å². The highest BCUT2D eigenvalue weighted by molar-refractivity contribution is 6.15. The summed E-state index contributed by atoms with van der Waals surface area (Å²) in [4.78, 5) is 12.9. The van der Waals surface area contributed by atoms with Gasteiger partial charge >= 0.3 is 0 Å². The van der Waals surface area contributed by atoms with Crippen LogP contribution in [0.5, 0.6) is 5.75 Å². The summed E-state index contributed by atoms with van der Waals surface area (Å²) in [5, 5.41) is 10.2. The van der Waals surface area contributed by atoms with E-state index >= 15 is 0 Å². The summed E-state index contributed by atoms with van der Waals surface area (Å²) in [5.41, 5.74) is 10.4. The fourth-order valence-corrected chi connectivity index (χ4v) is 7.51. The number of fused-ring (bicyclic) bond motifs is 5. The van der Waals surface area contributed by atoms with Crippen molar-refractivity contribution in [3.05, 3.63) is 143 Å². The number of nitrogens with zero attached hydrogens (tertiary/aromatic N) is 3. The van der Waals surface area contributed by atoms with Crippen LogP contribution in [0, 0.1) is 0 Å². The minimum absolute atomic E-state index is 0.0203. The zero-order chi connectivity index (χ0) is 30.5. The molecule has 0 radical (unpaired) electrons. The first-order chi connectivity index (χ1) is 22.8. The first kappa shape index (κ1) is 27.0. The Balaban J connectivity index is 1.10. The number of benzene rings is 2. The van der Waals surface area contributed by atoms with E-state index in [0.29, 0.717) is 0 Å². The van der Waals surface area contributed by atoms with Gasteiger partial charge in [-0.3, -0.25) is 4.99 Å². The molecule has 0 aromatic heterocycles. The quantitative estimate of drug-likeness (QED) is 0.348. The van der Waals surface area contributed by atoms with Crippen molar-refractivity contribution in [3.8, 4) is 5.75 Å². The minimum Gasteiger partial charge on any atom is -0.464 e. The predicted octanol–water partition coefficient (Wildman–Crippen LogP) is 6.87. The van der Waals surface area contributed by atoms with Gasteiger partial charge in [0.2, 0.25) is 0 Å². The van der Waals surface area contributed by atoms with Crippen LogP contribution >= 0.6 is 0 Å². The van der Waals surface area contributed by atoms with Gasteiger partial charge in [-0.25, -0.2) is 4.99 Å². The van der Waals surface area contributed by atoms with E-state index in [1.165, 1.54) is 28.0 Å². The topological polar surface area (TPSA) is 73.3 Å². The molecule has 5 heterocycles. The molecule has 2 aromatic rings. The van der Waals surface area contributed by atoms with Crippen LogP contribution in [0.1, 0.15) is 36.3 Å². The van der Waals surface area contributed by atoms with Crippen LogP contribution < -0.4 is 25.6 Å². The molecule has 2 aliphatic carbocycles. The van der Waals surface area contributed by atoms with Crippen molar-refractivity contribution in [3.63, 3.8) is 0 Å². The second-order valence-electron chi connectivity index (χ2n) is 12.5. The first-order valence-electron chi connectivity index (χ1n) is 16.4. The molecule has 7 aliphatic rings. The van der Waals surface area contributed by atoms with Crippen LogP contribution in [0.15, 0.2) is 142 Å². The van der Waals surface area contributed by atoms with Gasteiger partial charge in [0, 0.05) is 47.9 Å². The Labute approximate surface area is 269 Å². The molecule has 3 N–H and O–H groups in total. The minimum atomic E-state index is -0.121. The standard InChI is InChI=1S/C39H36N6O/c1-2-7-27(8-3-1)39-44-31-13-14-35-36(37(31)46-39)30-11-4-5-12-34(30)45(35)29-10-6-9-28(23-29)38-42-32(25-15-19-40-20-16-25)24-33(43-38)26-17-21-41-22-18-26/h1-2,4-7,9-19,21,23,30,32,34,39-41,44H,3,8,20,22,24H2. The Morgan fingerprint density at radius 3 is 2.70 bits per heavy atom. The lowest BCUT2D eigenvalue weighted by Crippen LogP contribution is -2.29. The van der Waals surface area contributed by atoms with E-state index in [1.54, 1.807) is 0 Å². The number of hydrogen-bond acceptors (Lipinski definition) is 7. The van der Waals surface area contributed by atoms with Crippen molar-refractivity contribution in [1.82, 2.24) is 10.6 Å². The third-order valence-electron chi connectivity index (χ3n) is 9.75. The molecular weight excluding hydrogens is 568 g/mol. The van der Waals surface area contributed by atoms with Crippen molar-refractivity contribution >= 4 is 28.6 Å². The van der Waals surface area contributed by atoms with Gasteiger partial charge < -0.3 is 25.6 Å². The highest BCUT2D eigenvalue weighted by atomic mass is 16.5. The largest absolute Gasteiger partial charge is 0.464 e. The summed E-state index contributed by atoms with van der Waals surface area (Å²) in [6.07, 6.45) is 31.0. The number of rotatable bonds is 5. The number of aliphatic imine (C=N–C) groups is 2. The lowest BCUT2D eigenvalue weighted by Gasteiger charge is -2.29. The third-order valence-corrected chi connectivity index (χ3v) is 9.75. The molecule has 0 fully saturated rings. The van der Waals surface area contributed by atoms with Crippen molar-refractivity contribution < 1.29 is 4.74 Å². The van der Waals surface area contributed by atoms with Crippen molar-refractivity contribution in [2.75, 3.05) is 23.3 Å². The monoisotopic (exact) mass is 604 g/mol. The lowest BCUT2D eigenvalue weighted by atomic mass is 9.90. The number of ether oxygens (including phenoxy) is 1. The fourth-order valence-electron chi connectivity index (χ4n) is 7.51. The first-order valence-corrected chi connectivity index (χ1v) is 16.4. The summed E-state index contributed by atoms with van der Waals surface area (Å²) in [7, 11) is 0. The average molecular weight is 605 g/mol. The molecule has 4 unspecified atom stereocenters. The number of allylic oxidation sites excluding steroid dienone is 7. The van der Waals surface area contributed by atoms with E-state index in [0.717, 1.165) is 66.6 Å². The van der Waals surface area contributed by atoms with Crippen LogP contribution in [0.4, 0.5) is 17.1 Å². The maximum absolute atomic E-state index is 6.71. The third kappa shape index (κ3) is 4.66. The van der Waals surface area contributed by atoms with E-state index in [-0.39, 0.29) is 24.2 Å². The molecule has 46 heavy (non-hydrogen) atoms. The molecule has 9 rings (SSSR count). The predicted molar refractivity (Wildman–Crippen MR) is 187 cm³/mol. The second-order valence-corrected chi connectivity index (χ2v) is 12.5. The van der Waals surface area contributed by atoms with Gasteiger partial charge in [-0.1, -0.05) is 66.8 Å². The summed E-state index contributed by atoms with van der Waals surface area (Å²) >= 11 is 0. The van der Waals surface area contributed by atoms with E-state index in [9.17, 15) is 0 Å². The molecule has 0 saturated carbocycles. The summed E-state index contributed by atoms with van der Waals surface area (Å²) in [5.74, 6) is 1.95. The summed E-state index contributed by atoms with van der Waals surface area (Å²) in [6, 6.07) is 13.4. The molecule has 228 valence electrons. The smallest absolute Gasteiger partial charge is 0.192 e. The molecule has 0 amide bonds. The highest BCUT2D eigenvalue weighted by Crippen LogP contribution is 2.55. The van der Waals surface area contributed by atoms with Crippen LogP contribution in [0.2, 0.25) is 0 Å². The Morgan fingerprint density at radius 1 is 0.935 bits per heavy atom.